The van der Waals surface area contributed by atoms with Crippen LogP contribution in [0.5, 0.6) is 0 Å². The molecular weight excluding hydrogens is 428 g/mol. The molecule has 0 radical (unpaired) electrons. The lowest BCUT2D eigenvalue weighted by molar-refractivity contribution is 0.505. The first kappa shape index (κ1) is 22.3. The number of thiophene rings is 1. The fraction of sp³-hybridized carbons (Fsp3) is 0.545. The fourth-order valence-corrected chi connectivity index (χ4v) is 5.69. The maximum Gasteiger partial charge on any atom is 0.330 e. The van der Waals surface area contributed by atoms with E-state index in [0.717, 1.165) is 29.7 Å². The number of aromatic nitrogens is 4. The standard InChI is InChI=1S/C22H30N6O3S/c1-11(2)8-27(17-18(23)28(9-12(3)4)22(31)26-20(17)30)10-15-24-19(29)16-13-6-5-7-14(13)32-21(16)25-15/h11-12H,5-10,23H2,1-4H3,(H,24,25,29)(H,26,30,31). The van der Waals surface area contributed by atoms with Crippen LogP contribution < -0.4 is 27.4 Å². The van der Waals surface area contributed by atoms with E-state index in [0.29, 0.717) is 24.3 Å². The van der Waals surface area contributed by atoms with Gasteiger partial charge in [-0.15, -0.1) is 11.3 Å². The first-order chi connectivity index (χ1) is 15.2. The number of nitrogen functional groups attached to an aromatic ring is 1. The summed E-state index contributed by atoms with van der Waals surface area (Å²) in [6.07, 6.45) is 2.99. The summed E-state index contributed by atoms with van der Waals surface area (Å²) in [5.41, 5.74) is 6.51. The SMILES string of the molecule is CC(C)CN(Cc1nc2sc3c(c2c(=O)[nH]1)CCC3)c1c(N)n(CC(C)C)c(=O)[nH]c1=O. The number of nitrogens with two attached hydrogens (primary N) is 1. The molecule has 0 bridgehead atoms. The summed E-state index contributed by atoms with van der Waals surface area (Å²) in [4.78, 5) is 51.9. The van der Waals surface area contributed by atoms with Gasteiger partial charge in [-0.1, -0.05) is 27.7 Å². The summed E-state index contributed by atoms with van der Waals surface area (Å²) in [7, 11) is 0. The number of fused-ring (bicyclic) bond motifs is 3. The van der Waals surface area contributed by atoms with Crippen molar-refractivity contribution < 1.29 is 0 Å². The quantitative estimate of drug-likeness (QED) is 0.498. The zero-order valence-electron chi connectivity index (χ0n) is 18.9. The second kappa shape index (κ2) is 8.57. The maximum absolute atomic E-state index is 12.9. The van der Waals surface area contributed by atoms with Gasteiger partial charge in [-0.25, -0.2) is 9.78 Å². The summed E-state index contributed by atoms with van der Waals surface area (Å²) in [5, 5.41) is 0.699. The van der Waals surface area contributed by atoms with E-state index in [2.05, 4.69) is 9.97 Å². The van der Waals surface area contributed by atoms with Crippen LogP contribution in [-0.2, 0) is 25.9 Å². The molecule has 0 saturated heterocycles. The minimum Gasteiger partial charge on any atom is -0.383 e. The molecule has 0 aliphatic heterocycles. The zero-order chi connectivity index (χ0) is 23.2. The third-order valence-electron chi connectivity index (χ3n) is 5.63. The third-order valence-corrected chi connectivity index (χ3v) is 6.81. The summed E-state index contributed by atoms with van der Waals surface area (Å²) in [6.45, 7) is 9.13. The second-order valence-corrected chi connectivity index (χ2v) is 10.4. The van der Waals surface area contributed by atoms with Crippen LogP contribution in [0.4, 0.5) is 11.5 Å². The number of aromatic amines is 2. The molecule has 0 aromatic carbocycles. The first-order valence-electron chi connectivity index (χ1n) is 11.1. The van der Waals surface area contributed by atoms with E-state index in [-0.39, 0.29) is 35.4 Å². The monoisotopic (exact) mass is 458 g/mol. The molecule has 3 aromatic heterocycles. The highest BCUT2D eigenvalue weighted by Gasteiger charge is 2.24. The van der Waals surface area contributed by atoms with Crippen LogP contribution in [0, 0.1) is 11.8 Å². The Hall–Kier alpha value is -2.88. The minimum absolute atomic E-state index is 0.131. The van der Waals surface area contributed by atoms with Crippen molar-refractivity contribution in [1.82, 2.24) is 19.5 Å². The smallest absolute Gasteiger partial charge is 0.330 e. The van der Waals surface area contributed by atoms with Crippen molar-refractivity contribution in [2.24, 2.45) is 11.8 Å². The third kappa shape index (κ3) is 4.11. The number of nitrogens with zero attached hydrogens (tertiary/aromatic N) is 3. The molecule has 0 amide bonds. The van der Waals surface area contributed by atoms with E-state index in [4.69, 9.17) is 10.7 Å². The Morgan fingerprint density at radius 1 is 1.09 bits per heavy atom. The van der Waals surface area contributed by atoms with Gasteiger partial charge in [0.25, 0.3) is 11.1 Å². The molecule has 10 heteroatoms. The maximum atomic E-state index is 12.9. The molecule has 1 aliphatic rings. The van der Waals surface area contributed by atoms with Gasteiger partial charge in [0.1, 0.15) is 22.2 Å². The van der Waals surface area contributed by atoms with E-state index >= 15 is 0 Å². The van der Waals surface area contributed by atoms with E-state index < -0.39 is 11.2 Å². The van der Waals surface area contributed by atoms with Crippen molar-refractivity contribution >= 4 is 33.1 Å². The predicted molar refractivity (Wildman–Crippen MR) is 129 cm³/mol. The molecule has 0 atom stereocenters. The van der Waals surface area contributed by atoms with Gasteiger partial charge in [0.15, 0.2) is 0 Å². The van der Waals surface area contributed by atoms with Crippen LogP contribution in [-0.4, -0.2) is 26.1 Å². The van der Waals surface area contributed by atoms with Crippen LogP contribution in [0.3, 0.4) is 0 Å². The van der Waals surface area contributed by atoms with Gasteiger partial charge in [0.05, 0.1) is 11.9 Å². The Labute approximate surface area is 189 Å². The van der Waals surface area contributed by atoms with Crippen LogP contribution >= 0.6 is 11.3 Å². The second-order valence-electron chi connectivity index (χ2n) is 9.32. The number of H-pyrrole nitrogens is 2. The molecule has 3 heterocycles. The van der Waals surface area contributed by atoms with E-state index in [1.54, 1.807) is 16.2 Å². The average Bonchev–Trinajstić information content (AvgIpc) is 3.25. The number of nitrogens with one attached hydrogen (secondary N) is 2. The van der Waals surface area contributed by atoms with Gasteiger partial charge in [0.2, 0.25) is 0 Å². The number of aryl methyl sites for hydroxylation is 2. The van der Waals surface area contributed by atoms with E-state index in [1.165, 1.54) is 9.44 Å². The molecule has 3 aromatic rings. The molecule has 4 rings (SSSR count). The predicted octanol–water partition coefficient (Wildman–Crippen LogP) is 2.22. The lowest BCUT2D eigenvalue weighted by Crippen LogP contribution is -2.40. The summed E-state index contributed by atoms with van der Waals surface area (Å²) in [6, 6.07) is 0. The Balaban J connectivity index is 1.79. The van der Waals surface area contributed by atoms with Gasteiger partial charge >= 0.3 is 5.69 Å². The van der Waals surface area contributed by atoms with Crippen molar-refractivity contribution in [2.45, 2.75) is 60.0 Å². The van der Waals surface area contributed by atoms with Crippen molar-refractivity contribution in [3.05, 3.63) is 47.5 Å². The molecule has 0 spiro atoms. The van der Waals surface area contributed by atoms with Crippen molar-refractivity contribution in [3.63, 3.8) is 0 Å². The topological polar surface area (TPSA) is 130 Å². The summed E-state index contributed by atoms with van der Waals surface area (Å²) >= 11 is 1.58. The number of hydrogen-bond acceptors (Lipinski definition) is 7. The van der Waals surface area contributed by atoms with Crippen LogP contribution in [0.25, 0.3) is 10.2 Å². The molecule has 0 unspecified atom stereocenters. The van der Waals surface area contributed by atoms with Crippen molar-refractivity contribution in [3.8, 4) is 0 Å². The van der Waals surface area contributed by atoms with Crippen LogP contribution in [0.2, 0.25) is 0 Å². The highest BCUT2D eigenvalue weighted by atomic mass is 32.1. The first-order valence-corrected chi connectivity index (χ1v) is 11.9. The number of hydrogen-bond donors (Lipinski definition) is 3. The summed E-state index contributed by atoms with van der Waals surface area (Å²) in [5.74, 6) is 0.990. The lowest BCUT2D eigenvalue weighted by Gasteiger charge is -2.27. The summed E-state index contributed by atoms with van der Waals surface area (Å²) < 4.78 is 1.40. The highest BCUT2D eigenvalue weighted by molar-refractivity contribution is 7.18. The lowest BCUT2D eigenvalue weighted by atomic mass is 10.2. The van der Waals surface area contributed by atoms with Gasteiger partial charge in [-0.3, -0.25) is 19.1 Å². The molecule has 9 nitrogen and oxygen atoms in total. The Morgan fingerprint density at radius 2 is 1.84 bits per heavy atom. The van der Waals surface area contributed by atoms with Gasteiger partial charge < -0.3 is 15.6 Å². The molecular formula is C22H30N6O3S. The zero-order valence-corrected chi connectivity index (χ0v) is 19.8. The Kier molecular flexibility index (Phi) is 5.98. The van der Waals surface area contributed by atoms with Gasteiger partial charge in [-0.05, 0) is 36.7 Å². The fourth-order valence-electron chi connectivity index (χ4n) is 4.41. The molecule has 172 valence electrons. The molecule has 1 aliphatic carbocycles. The van der Waals surface area contributed by atoms with Crippen LogP contribution in [0.15, 0.2) is 14.4 Å². The Bertz CT molecular complexity index is 1330. The highest BCUT2D eigenvalue weighted by Crippen LogP contribution is 2.34. The molecule has 0 fully saturated rings. The van der Waals surface area contributed by atoms with Crippen molar-refractivity contribution in [1.29, 1.82) is 0 Å². The molecule has 32 heavy (non-hydrogen) atoms. The van der Waals surface area contributed by atoms with Gasteiger partial charge in [0, 0.05) is 18.0 Å². The normalized spacial score (nSPS) is 13.4. The number of rotatable bonds is 7. The molecule has 4 N–H and O–H groups in total. The Morgan fingerprint density at radius 3 is 2.53 bits per heavy atom. The molecule has 0 saturated carbocycles. The van der Waals surface area contributed by atoms with Gasteiger partial charge in [-0.2, -0.15) is 0 Å². The van der Waals surface area contributed by atoms with Crippen molar-refractivity contribution in [2.75, 3.05) is 17.2 Å². The minimum atomic E-state index is -0.535. The van der Waals surface area contributed by atoms with E-state index in [9.17, 15) is 14.4 Å². The van der Waals surface area contributed by atoms with E-state index in [1.807, 2.05) is 27.7 Å². The number of anilines is 2. The largest absolute Gasteiger partial charge is 0.383 e. The average molecular weight is 459 g/mol. The van der Waals surface area contributed by atoms with Crippen LogP contribution in [0.1, 0.15) is 50.4 Å².